The third-order valence-corrected chi connectivity index (χ3v) is 2.28. The smallest absolute Gasteiger partial charge is 0.303 e. The lowest BCUT2D eigenvalue weighted by atomic mass is 10.1. The van der Waals surface area contributed by atoms with Crippen LogP contribution in [0.1, 0.15) is 58.3 Å². The molecule has 0 saturated heterocycles. The molecule has 0 heterocycles. The molecule has 0 aromatic carbocycles. The lowest BCUT2D eigenvalue weighted by molar-refractivity contribution is -0.137. The molecule has 0 amide bonds. The van der Waals surface area contributed by atoms with Gasteiger partial charge in [-0.3, -0.25) is 4.79 Å². The number of aliphatic hydroxyl groups excluding tert-OH is 1. The Morgan fingerprint density at radius 1 is 1.07 bits per heavy atom. The lowest BCUT2D eigenvalue weighted by Gasteiger charge is -1.99. The van der Waals surface area contributed by atoms with Crippen molar-refractivity contribution < 1.29 is 15.0 Å². The van der Waals surface area contributed by atoms with E-state index in [9.17, 15) is 9.90 Å². The third kappa shape index (κ3) is 10.9. The number of aliphatic hydroxyl groups is 1. The molecule has 0 bridgehead atoms. The van der Waals surface area contributed by atoms with Gasteiger partial charge in [-0.15, -0.1) is 0 Å². The van der Waals surface area contributed by atoms with Gasteiger partial charge in [-0.1, -0.05) is 32.6 Å². The molecule has 88 valence electrons. The fourth-order valence-corrected chi connectivity index (χ4v) is 1.35. The Morgan fingerprint density at radius 3 is 2.33 bits per heavy atom. The molecule has 3 heteroatoms. The van der Waals surface area contributed by atoms with E-state index >= 15 is 0 Å². The van der Waals surface area contributed by atoms with E-state index in [2.05, 4.69) is 6.92 Å². The SMILES string of the molecule is CCCCCCCC=C(O)CCC(=O)O. The van der Waals surface area contributed by atoms with Crippen LogP contribution in [0.15, 0.2) is 11.8 Å². The predicted molar refractivity (Wildman–Crippen MR) is 61.0 cm³/mol. The number of carboxylic acids is 1. The Hall–Kier alpha value is -0.990. The summed E-state index contributed by atoms with van der Waals surface area (Å²) in [5.41, 5.74) is 0. The molecule has 0 radical (unpaired) electrons. The summed E-state index contributed by atoms with van der Waals surface area (Å²) in [5, 5.41) is 17.7. The molecule has 0 atom stereocenters. The summed E-state index contributed by atoms with van der Waals surface area (Å²) in [6.07, 6.45) is 8.90. The van der Waals surface area contributed by atoms with E-state index in [1.54, 1.807) is 6.08 Å². The number of unbranched alkanes of at least 4 members (excludes halogenated alkanes) is 5. The second kappa shape index (κ2) is 9.56. The van der Waals surface area contributed by atoms with Gasteiger partial charge in [0, 0.05) is 6.42 Å². The monoisotopic (exact) mass is 214 g/mol. The van der Waals surface area contributed by atoms with Crippen molar-refractivity contribution in [2.24, 2.45) is 0 Å². The first-order valence-electron chi connectivity index (χ1n) is 5.76. The van der Waals surface area contributed by atoms with Crippen molar-refractivity contribution in [2.75, 3.05) is 0 Å². The molecule has 0 saturated carbocycles. The van der Waals surface area contributed by atoms with Gasteiger partial charge in [0.15, 0.2) is 0 Å². The number of hydrogen-bond donors (Lipinski definition) is 2. The molecule has 0 aromatic rings. The van der Waals surface area contributed by atoms with Crippen LogP contribution < -0.4 is 0 Å². The molecular weight excluding hydrogens is 192 g/mol. The highest BCUT2D eigenvalue weighted by Crippen LogP contribution is 2.08. The van der Waals surface area contributed by atoms with Gasteiger partial charge in [-0.05, 0) is 18.9 Å². The fraction of sp³-hybridized carbons (Fsp3) is 0.750. The molecule has 0 aliphatic rings. The zero-order valence-electron chi connectivity index (χ0n) is 9.54. The molecule has 0 aliphatic carbocycles. The first-order chi connectivity index (χ1) is 7.16. The van der Waals surface area contributed by atoms with Crippen molar-refractivity contribution >= 4 is 5.97 Å². The largest absolute Gasteiger partial charge is 0.513 e. The van der Waals surface area contributed by atoms with Crippen molar-refractivity contribution in [3.63, 3.8) is 0 Å². The molecule has 0 spiro atoms. The summed E-state index contributed by atoms with van der Waals surface area (Å²) in [4.78, 5) is 10.2. The predicted octanol–water partition coefficient (Wildman–Crippen LogP) is 3.65. The second-order valence-electron chi connectivity index (χ2n) is 3.79. The van der Waals surface area contributed by atoms with Crippen molar-refractivity contribution in [3.8, 4) is 0 Å². The van der Waals surface area contributed by atoms with Gasteiger partial charge in [0.25, 0.3) is 0 Å². The minimum absolute atomic E-state index is 0.0121. The van der Waals surface area contributed by atoms with Gasteiger partial charge in [-0.2, -0.15) is 0 Å². The van der Waals surface area contributed by atoms with Crippen LogP contribution in [-0.2, 0) is 4.79 Å². The Morgan fingerprint density at radius 2 is 1.73 bits per heavy atom. The Balaban J connectivity index is 3.37. The molecule has 15 heavy (non-hydrogen) atoms. The average molecular weight is 214 g/mol. The molecule has 0 rings (SSSR count). The number of aliphatic carboxylic acids is 1. The summed E-state index contributed by atoms with van der Waals surface area (Å²) < 4.78 is 0. The quantitative estimate of drug-likeness (QED) is 0.455. The van der Waals surface area contributed by atoms with Crippen LogP contribution in [0, 0.1) is 0 Å². The van der Waals surface area contributed by atoms with Crippen molar-refractivity contribution in [1.82, 2.24) is 0 Å². The van der Waals surface area contributed by atoms with Crippen LogP contribution in [0.4, 0.5) is 0 Å². The summed E-state index contributed by atoms with van der Waals surface area (Å²) >= 11 is 0. The third-order valence-electron chi connectivity index (χ3n) is 2.28. The standard InChI is InChI=1S/C12H22O3/c1-2-3-4-5-6-7-8-11(13)9-10-12(14)15/h8,13H,2-7,9-10H2,1H3,(H,14,15). The van der Waals surface area contributed by atoms with E-state index in [-0.39, 0.29) is 18.6 Å². The van der Waals surface area contributed by atoms with E-state index in [1.165, 1.54) is 25.7 Å². The van der Waals surface area contributed by atoms with E-state index in [0.717, 1.165) is 12.8 Å². The number of rotatable bonds is 9. The van der Waals surface area contributed by atoms with E-state index in [0.29, 0.717) is 0 Å². The second-order valence-corrected chi connectivity index (χ2v) is 3.79. The van der Waals surface area contributed by atoms with Crippen molar-refractivity contribution in [1.29, 1.82) is 0 Å². The van der Waals surface area contributed by atoms with Crippen LogP contribution in [0.2, 0.25) is 0 Å². The zero-order chi connectivity index (χ0) is 11.5. The summed E-state index contributed by atoms with van der Waals surface area (Å²) in [6.45, 7) is 2.18. The number of hydrogen-bond acceptors (Lipinski definition) is 2. The highest BCUT2D eigenvalue weighted by molar-refractivity contribution is 5.66. The van der Waals surface area contributed by atoms with Crippen molar-refractivity contribution in [3.05, 3.63) is 11.8 Å². The summed E-state index contributed by atoms with van der Waals surface area (Å²) in [7, 11) is 0. The average Bonchev–Trinajstić information content (AvgIpc) is 2.20. The molecular formula is C12H22O3. The number of carboxylic acid groups (broad SMARTS) is 1. The maximum atomic E-state index is 10.2. The Bertz CT molecular complexity index is 197. The molecule has 0 unspecified atom stereocenters. The Kier molecular flexibility index (Phi) is 8.93. The zero-order valence-corrected chi connectivity index (χ0v) is 9.54. The normalized spacial score (nSPS) is 11.7. The van der Waals surface area contributed by atoms with Gasteiger partial charge in [0.05, 0.1) is 12.2 Å². The number of allylic oxidation sites excluding steroid dienone is 2. The van der Waals surface area contributed by atoms with Crippen LogP contribution in [0.25, 0.3) is 0 Å². The highest BCUT2D eigenvalue weighted by Gasteiger charge is 1.99. The van der Waals surface area contributed by atoms with Crippen LogP contribution in [0.3, 0.4) is 0 Å². The van der Waals surface area contributed by atoms with Crippen LogP contribution >= 0.6 is 0 Å². The highest BCUT2D eigenvalue weighted by atomic mass is 16.4. The van der Waals surface area contributed by atoms with Gasteiger partial charge in [-0.25, -0.2) is 0 Å². The van der Waals surface area contributed by atoms with Gasteiger partial charge in [0.1, 0.15) is 0 Å². The van der Waals surface area contributed by atoms with Gasteiger partial charge < -0.3 is 10.2 Å². The molecule has 0 aromatic heterocycles. The van der Waals surface area contributed by atoms with Gasteiger partial charge >= 0.3 is 5.97 Å². The van der Waals surface area contributed by atoms with E-state index in [4.69, 9.17) is 5.11 Å². The first kappa shape index (κ1) is 14.0. The lowest BCUT2D eigenvalue weighted by Crippen LogP contribution is -1.95. The Labute approximate surface area is 91.8 Å². The van der Waals surface area contributed by atoms with Crippen molar-refractivity contribution in [2.45, 2.75) is 58.3 Å². The molecule has 3 nitrogen and oxygen atoms in total. The first-order valence-corrected chi connectivity index (χ1v) is 5.76. The fourth-order valence-electron chi connectivity index (χ4n) is 1.35. The number of carbonyl (C=O) groups is 1. The minimum atomic E-state index is -0.863. The summed E-state index contributed by atoms with van der Waals surface area (Å²) in [5.74, 6) is -0.647. The maximum absolute atomic E-state index is 10.2. The summed E-state index contributed by atoms with van der Waals surface area (Å²) in [6, 6.07) is 0. The molecule has 2 N–H and O–H groups in total. The topological polar surface area (TPSA) is 57.5 Å². The maximum Gasteiger partial charge on any atom is 0.303 e. The van der Waals surface area contributed by atoms with Crippen LogP contribution in [-0.4, -0.2) is 16.2 Å². The van der Waals surface area contributed by atoms with E-state index in [1.807, 2.05) is 0 Å². The van der Waals surface area contributed by atoms with Crippen LogP contribution in [0.5, 0.6) is 0 Å². The van der Waals surface area contributed by atoms with E-state index < -0.39 is 5.97 Å². The molecule has 0 fully saturated rings. The molecule has 0 aliphatic heterocycles. The van der Waals surface area contributed by atoms with Gasteiger partial charge in [0.2, 0.25) is 0 Å². The minimum Gasteiger partial charge on any atom is -0.513 e.